The highest BCUT2D eigenvalue weighted by atomic mass is 19.2. The number of hydrogen-bond acceptors (Lipinski definition) is 0. The Kier molecular flexibility index (Phi) is 3.85. The van der Waals surface area contributed by atoms with E-state index in [0.717, 1.165) is 6.07 Å². The molecule has 0 saturated heterocycles. The molecule has 0 aliphatic rings. The summed E-state index contributed by atoms with van der Waals surface area (Å²) in [5, 5.41) is 0. The summed E-state index contributed by atoms with van der Waals surface area (Å²) in [7, 11) is 0. The Bertz CT molecular complexity index is 399. The van der Waals surface area contributed by atoms with E-state index < -0.39 is 11.6 Å². The van der Waals surface area contributed by atoms with Crippen molar-refractivity contribution < 1.29 is 8.78 Å². The van der Waals surface area contributed by atoms with Gasteiger partial charge in [-0.1, -0.05) is 31.9 Å². The fourth-order valence-electron chi connectivity index (χ4n) is 1.49. The maximum absolute atomic E-state index is 13.4. The molecule has 2 unspecified atom stereocenters. The highest BCUT2D eigenvalue weighted by Gasteiger charge is 2.18. The third kappa shape index (κ3) is 2.56. The van der Waals surface area contributed by atoms with Crippen molar-refractivity contribution in [2.24, 2.45) is 5.92 Å². The fraction of sp³-hybridized carbons (Fsp3) is 0.385. The first-order chi connectivity index (χ1) is 7.07. The van der Waals surface area contributed by atoms with E-state index in [9.17, 15) is 8.78 Å². The summed E-state index contributed by atoms with van der Waals surface area (Å²) >= 11 is 0. The highest BCUT2D eigenvalue weighted by molar-refractivity contribution is 5.25. The summed E-state index contributed by atoms with van der Waals surface area (Å²) in [6.45, 7) is 5.50. The molecule has 0 saturated carbocycles. The monoisotopic (exact) mass is 208 g/mol. The van der Waals surface area contributed by atoms with Crippen molar-refractivity contribution in [2.75, 3.05) is 0 Å². The first-order valence-electron chi connectivity index (χ1n) is 4.94. The molecule has 0 aliphatic heterocycles. The van der Waals surface area contributed by atoms with Gasteiger partial charge in [-0.15, -0.1) is 5.92 Å². The van der Waals surface area contributed by atoms with Crippen molar-refractivity contribution in [1.29, 1.82) is 0 Å². The molecule has 0 spiro atoms. The van der Waals surface area contributed by atoms with Crippen LogP contribution in [0.15, 0.2) is 18.2 Å². The molecule has 0 fully saturated rings. The van der Waals surface area contributed by atoms with Crippen LogP contribution in [0.3, 0.4) is 0 Å². The van der Waals surface area contributed by atoms with Crippen LogP contribution in [-0.2, 0) is 0 Å². The molecule has 0 amide bonds. The van der Waals surface area contributed by atoms with Gasteiger partial charge in [0.2, 0.25) is 0 Å². The normalized spacial score (nSPS) is 13.9. The van der Waals surface area contributed by atoms with Gasteiger partial charge in [-0.05, 0) is 24.5 Å². The van der Waals surface area contributed by atoms with Crippen molar-refractivity contribution >= 4 is 0 Å². The summed E-state index contributed by atoms with van der Waals surface area (Å²) in [6.07, 6.45) is 0. The number of rotatable bonds is 2. The lowest BCUT2D eigenvalue weighted by Crippen LogP contribution is -2.07. The van der Waals surface area contributed by atoms with E-state index in [1.165, 1.54) is 6.07 Å². The molecular formula is C13H14F2. The van der Waals surface area contributed by atoms with Crippen LogP contribution < -0.4 is 0 Å². The second-order valence-electron chi connectivity index (χ2n) is 3.61. The first kappa shape index (κ1) is 11.7. The third-order valence-corrected chi connectivity index (χ3v) is 2.59. The molecule has 2 heteroatoms. The van der Waals surface area contributed by atoms with Crippen molar-refractivity contribution in [1.82, 2.24) is 0 Å². The van der Waals surface area contributed by atoms with Gasteiger partial charge in [0.1, 0.15) is 0 Å². The van der Waals surface area contributed by atoms with E-state index in [1.807, 2.05) is 13.8 Å². The lowest BCUT2D eigenvalue weighted by atomic mass is 9.89. The SMILES string of the molecule is CC#CC(C)C(C)c1cccc(F)c1F. The Balaban J connectivity index is 3.04. The molecule has 15 heavy (non-hydrogen) atoms. The molecule has 1 aromatic carbocycles. The predicted octanol–water partition coefficient (Wildman–Crippen LogP) is 3.73. The van der Waals surface area contributed by atoms with Gasteiger partial charge in [-0.2, -0.15) is 0 Å². The van der Waals surface area contributed by atoms with E-state index in [-0.39, 0.29) is 11.8 Å². The van der Waals surface area contributed by atoms with Gasteiger partial charge in [0.05, 0.1) is 0 Å². The van der Waals surface area contributed by atoms with Gasteiger partial charge in [0.15, 0.2) is 11.6 Å². The molecule has 0 bridgehead atoms. The number of halogens is 2. The predicted molar refractivity (Wildman–Crippen MR) is 57.4 cm³/mol. The molecule has 0 aliphatic carbocycles. The Morgan fingerprint density at radius 3 is 2.47 bits per heavy atom. The molecule has 2 atom stereocenters. The topological polar surface area (TPSA) is 0 Å². The standard InChI is InChI=1S/C13H14F2/c1-4-6-9(2)10(3)11-7-5-8-12(14)13(11)15/h5,7-10H,1-3H3. The molecule has 0 nitrogen and oxygen atoms in total. The Hall–Kier alpha value is -1.36. The van der Waals surface area contributed by atoms with Crippen LogP contribution in [0.1, 0.15) is 32.3 Å². The molecule has 80 valence electrons. The minimum Gasteiger partial charge on any atom is -0.204 e. The van der Waals surface area contributed by atoms with Crippen LogP contribution in [0, 0.1) is 29.4 Å². The second-order valence-corrected chi connectivity index (χ2v) is 3.61. The molecule has 0 N–H and O–H groups in total. The maximum Gasteiger partial charge on any atom is 0.162 e. The average molecular weight is 208 g/mol. The van der Waals surface area contributed by atoms with Crippen LogP contribution >= 0.6 is 0 Å². The molecule has 1 aromatic rings. The zero-order valence-corrected chi connectivity index (χ0v) is 9.14. The fourth-order valence-corrected chi connectivity index (χ4v) is 1.49. The number of benzene rings is 1. The largest absolute Gasteiger partial charge is 0.204 e. The van der Waals surface area contributed by atoms with Gasteiger partial charge in [-0.3, -0.25) is 0 Å². The molecule has 1 rings (SSSR count). The quantitative estimate of drug-likeness (QED) is 0.650. The molecule has 0 radical (unpaired) electrons. The van der Waals surface area contributed by atoms with Crippen LogP contribution in [0.4, 0.5) is 8.78 Å². The summed E-state index contributed by atoms with van der Waals surface area (Å²) in [4.78, 5) is 0. The first-order valence-corrected chi connectivity index (χ1v) is 4.94. The van der Waals surface area contributed by atoms with Crippen LogP contribution in [0.5, 0.6) is 0 Å². The van der Waals surface area contributed by atoms with E-state index in [2.05, 4.69) is 11.8 Å². The second kappa shape index (κ2) is 4.93. The minimum atomic E-state index is -0.795. The van der Waals surface area contributed by atoms with E-state index in [4.69, 9.17) is 0 Å². The van der Waals surface area contributed by atoms with Crippen LogP contribution in [0.25, 0.3) is 0 Å². The highest BCUT2D eigenvalue weighted by Crippen LogP contribution is 2.26. The smallest absolute Gasteiger partial charge is 0.162 e. The van der Waals surface area contributed by atoms with Crippen molar-refractivity contribution in [3.8, 4) is 11.8 Å². The zero-order chi connectivity index (χ0) is 11.4. The lowest BCUT2D eigenvalue weighted by Gasteiger charge is -2.16. The van der Waals surface area contributed by atoms with Crippen molar-refractivity contribution in [2.45, 2.75) is 26.7 Å². The van der Waals surface area contributed by atoms with E-state index >= 15 is 0 Å². The van der Waals surface area contributed by atoms with E-state index in [0.29, 0.717) is 5.56 Å². The summed E-state index contributed by atoms with van der Waals surface area (Å²) in [6, 6.07) is 4.26. The summed E-state index contributed by atoms with van der Waals surface area (Å²) in [5.41, 5.74) is 0.394. The third-order valence-electron chi connectivity index (χ3n) is 2.59. The molecule has 0 aromatic heterocycles. The Morgan fingerprint density at radius 1 is 1.20 bits per heavy atom. The van der Waals surface area contributed by atoms with Crippen molar-refractivity contribution in [3.63, 3.8) is 0 Å². The van der Waals surface area contributed by atoms with E-state index in [1.54, 1.807) is 13.0 Å². The lowest BCUT2D eigenvalue weighted by molar-refractivity contribution is 0.478. The zero-order valence-electron chi connectivity index (χ0n) is 9.14. The minimum absolute atomic E-state index is 0.0197. The molecule has 0 heterocycles. The maximum atomic E-state index is 13.4. The summed E-state index contributed by atoms with van der Waals surface area (Å²) < 4.78 is 26.4. The van der Waals surface area contributed by atoms with Crippen LogP contribution in [0.2, 0.25) is 0 Å². The van der Waals surface area contributed by atoms with Gasteiger partial charge in [0.25, 0.3) is 0 Å². The number of hydrogen-bond donors (Lipinski definition) is 0. The van der Waals surface area contributed by atoms with Gasteiger partial charge < -0.3 is 0 Å². The molecular weight excluding hydrogens is 194 g/mol. The van der Waals surface area contributed by atoms with Gasteiger partial charge in [0, 0.05) is 5.92 Å². The Morgan fingerprint density at radius 2 is 1.87 bits per heavy atom. The van der Waals surface area contributed by atoms with Gasteiger partial charge in [-0.25, -0.2) is 8.78 Å². The average Bonchev–Trinajstić information content (AvgIpc) is 2.21. The van der Waals surface area contributed by atoms with Crippen LogP contribution in [-0.4, -0.2) is 0 Å². The van der Waals surface area contributed by atoms with Crippen molar-refractivity contribution in [3.05, 3.63) is 35.4 Å². The Labute approximate surface area is 89.3 Å². The van der Waals surface area contributed by atoms with Gasteiger partial charge >= 0.3 is 0 Å². The summed E-state index contributed by atoms with van der Waals surface area (Å²) in [5.74, 6) is 4.10.